The largest absolute Gasteiger partial charge is 0.484 e. The van der Waals surface area contributed by atoms with Crippen LogP contribution in [0.3, 0.4) is 0 Å². The highest BCUT2D eigenvalue weighted by Crippen LogP contribution is 2.16. The topological polar surface area (TPSA) is 67.4 Å². The summed E-state index contributed by atoms with van der Waals surface area (Å²) in [6, 6.07) is 12.6. The molecule has 24 heavy (non-hydrogen) atoms. The van der Waals surface area contributed by atoms with Crippen LogP contribution >= 0.6 is 11.6 Å². The normalized spacial score (nSPS) is 10.1. The quantitative estimate of drug-likeness (QED) is 0.818. The Morgan fingerprint density at radius 2 is 1.71 bits per heavy atom. The van der Waals surface area contributed by atoms with Crippen molar-refractivity contribution in [2.45, 2.75) is 20.3 Å². The highest BCUT2D eigenvalue weighted by atomic mass is 35.5. The molecule has 6 heteroatoms. The van der Waals surface area contributed by atoms with Crippen LogP contribution in [0.4, 0.5) is 0 Å². The van der Waals surface area contributed by atoms with Crippen LogP contribution in [0.1, 0.15) is 16.7 Å². The molecule has 0 radical (unpaired) electrons. The van der Waals surface area contributed by atoms with Crippen molar-refractivity contribution in [2.75, 3.05) is 6.61 Å². The summed E-state index contributed by atoms with van der Waals surface area (Å²) in [7, 11) is 0. The molecule has 2 N–H and O–H groups in total. The lowest BCUT2D eigenvalue weighted by atomic mass is 10.1. The number of halogens is 1. The van der Waals surface area contributed by atoms with E-state index in [9.17, 15) is 9.59 Å². The van der Waals surface area contributed by atoms with Gasteiger partial charge in [-0.25, -0.2) is 0 Å². The first-order chi connectivity index (χ1) is 11.5. The minimum atomic E-state index is -0.444. The minimum Gasteiger partial charge on any atom is -0.484 e. The zero-order valence-electron chi connectivity index (χ0n) is 13.6. The van der Waals surface area contributed by atoms with Crippen molar-refractivity contribution in [1.29, 1.82) is 0 Å². The molecular weight excluding hydrogens is 328 g/mol. The van der Waals surface area contributed by atoms with Crippen molar-refractivity contribution in [3.63, 3.8) is 0 Å². The molecule has 0 heterocycles. The van der Waals surface area contributed by atoms with Gasteiger partial charge in [0.05, 0.1) is 6.42 Å². The lowest BCUT2D eigenvalue weighted by Crippen LogP contribution is -2.44. The third kappa shape index (κ3) is 5.28. The summed E-state index contributed by atoms with van der Waals surface area (Å²) >= 11 is 5.99. The molecule has 0 saturated carbocycles. The van der Waals surface area contributed by atoms with Gasteiger partial charge in [0.15, 0.2) is 6.61 Å². The van der Waals surface area contributed by atoms with Crippen LogP contribution < -0.4 is 15.6 Å². The van der Waals surface area contributed by atoms with E-state index in [4.69, 9.17) is 16.3 Å². The predicted octanol–water partition coefficient (Wildman–Crippen LogP) is 2.73. The molecule has 0 spiro atoms. The van der Waals surface area contributed by atoms with Crippen LogP contribution in [-0.2, 0) is 16.0 Å². The third-order valence-corrected chi connectivity index (χ3v) is 3.87. The second kappa shape index (κ2) is 8.36. The lowest BCUT2D eigenvalue weighted by molar-refractivity contribution is -0.129. The number of carbonyl (C=O) groups is 2. The van der Waals surface area contributed by atoms with Crippen molar-refractivity contribution in [2.24, 2.45) is 0 Å². The van der Waals surface area contributed by atoms with E-state index in [-0.39, 0.29) is 18.9 Å². The van der Waals surface area contributed by atoms with Gasteiger partial charge in [0.25, 0.3) is 5.91 Å². The van der Waals surface area contributed by atoms with Crippen LogP contribution in [0.2, 0.25) is 5.02 Å². The molecule has 0 aliphatic rings. The number of aryl methyl sites for hydroxylation is 2. The fourth-order valence-electron chi connectivity index (χ4n) is 1.99. The van der Waals surface area contributed by atoms with Crippen LogP contribution in [0.15, 0.2) is 42.5 Å². The predicted molar refractivity (Wildman–Crippen MR) is 92.9 cm³/mol. The first kappa shape index (κ1) is 17.8. The van der Waals surface area contributed by atoms with E-state index in [2.05, 4.69) is 10.9 Å². The van der Waals surface area contributed by atoms with E-state index in [1.165, 1.54) is 0 Å². The Labute approximate surface area is 145 Å². The molecule has 0 unspecified atom stereocenters. The number of hydrogen-bond donors (Lipinski definition) is 2. The fourth-order valence-corrected chi connectivity index (χ4v) is 2.19. The summed E-state index contributed by atoms with van der Waals surface area (Å²) < 4.78 is 5.39. The first-order valence-corrected chi connectivity index (χ1v) is 7.84. The van der Waals surface area contributed by atoms with Gasteiger partial charge in [0.1, 0.15) is 5.75 Å². The maximum absolute atomic E-state index is 11.8. The maximum atomic E-state index is 11.8. The van der Waals surface area contributed by atoms with Gasteiger partial charge in [-0.3, -0.25) is 20.4 Å². The van der Waals surface area contributed by atoms with Gasteiger partial charge in [-0.05, 0) is 48.7 Å². The van der Waals surface area contributed by atoms with Gasteiger partial charge in [-0.1, -0.05) is 35.9 Å². The smallest absolute Gasteiger partial charge is 0.276 e. The molecule has 2 amide bonds. The zero-order valence-corrected chi connectivity index (χ0v) is 14.3. The van der Waals surface area contributed by atoms with Crippen LogP contribution in [0.25, 0.3) is 0 Å². The summed E-state index contributed by atoms with van der Waals surface area (Å²) in [5.74, 6) is -0.195. The van der Waals surface area contributed by atoms with Gasteiger partial charge < -0.3 is 4.74 Å². The zero-order chi connectivity index (χ0) is 17.5. The second-order valence-electron chi connectivity index (χ2n) is 5.40. The molecule has 5 nitrogen and oxygen atoms in total. The molecule has 0 atom stereocenters. The SMILES string of the molecule is Cc1ccc(OCC(=O)NNC(=O)Cc2ccccc2Cl)cc1C. The fraction of sp³-hybridized carbons (Fsp3) is 0.222. The van der Waals surface area contributed by atoms with E-state index >= 15 is 0 Å². The third-order valence-electron chi connectivity index (χ3n) is 3.50. The number of hydrazine groups is 1. The molecule has 0 saturated heterocycles. The lowest BCUT2D eigenvalue weighted by Gasteiger charge is -2.10. The number of hydrogen-bond acceptors (Lipinski definition) is 3. The number of rotatable bonds is 5. The number of ether oxygens (including phenoxy) is 1. The molecule has 2 aromatic rings. The first-order valence-electron chi connectivity index (χ1n) is 7.47. The van der Waals surface area contributed by atoms with Crippen molar-refractivity contribution in [1.82, 2.24) is 10.9 Å². The maximum Gasteiger partial charge on any atom is 0.276 e. The molecule has 0 aromatic heterocycles. The summed E-state index contributed by atoms with van der Waals surface area (Å²) in [5, 5.41) is 0.511. The average molecular weight is 347 g/mol. The molecule has 126 valence electrons. The van der Waals surface area contributed by atoms with E-state index in [1.807, 2.05) is 26.0 Å². The van der Waals surface area contributed by atoms with E-state index in [0.29, 0.717) is 16.3 Å². The molecule has 0 bridgehead atoms. The molecule has 0 aliphatic carbocycles. The summed E-state index contributed by atoms with van der Waals surface area (Å²) in [6.07, 6.45) is 0.0813. The summed E-state index contributed by atoms with van der Waals surface area (Å²) in [6.45, 7) is 3.78. The molecule has 0 aliphatic heterocycles. The van der Waals surface area contributed by atoms with E-state index in [1.54, 1.807) is 30.3 Å². The van der Waals surface area contributed by atoms with Crippen molar-refractivity contribution < 1.29 is 14.3 Å². The number of nitrogens with one attached hydrogen (secondary N) is 2. The minimum absolute atomic E-state index is 0.0813. The Bertz CT molecular complexity index is 747. The average Bonchev–Trinajstić information content (AvgIpc) is 2.56. The molecule has 2 aromatic carbocycles. The van der Waals surface area contributed by atoms with Gasteiger partial charge in [-0.15, -0.1) is 0 Å². The van der Waals surface area contributed by atoms with Crippen LogP contribution in [0, 0.1) is 13.8 Å². The van der Waals surface area contributed by atoms with Crippen molar-refractivity contribution in [3.8, 4) is 5.75 Å². The standard InChI is InChI=1S/C18H19ClN2O3/c1-12-7-8-15(9-13(12)2)24-11-18(23)21-20-17(22)10-14-5-3-4-6-16(14)19/h3-9H,10-11H2,1-2H3,(H,20,22)(H,21,23). The molecule has 0 fully saturated rings. The van der Waals surface area contributed by atoms with Crippen LogP contribution in [0.5, 0.6) is 5.75 Å². The van der Waals surface area contributed by atoms with Crippen LogP contribution in [-0.4, -0.2) is 18.4 Å². The summed E-state index contributed by atoms with van der Waals surface area (Å²) in [4.78, 5) is 23.5. The highest BCUT2D eigenvalue weighted by Gasteiger charge is 2.08. The van der Waals surface area contributed by atoms with Gasteiger partial charge in [0.2, 0.25) is 5.91 Å². The Balaban J connectivity index is 1.75. The molecule has 2 rings (SSSR count). The number of carbonyl (C=O) groups excluding carboxylic acids is 2. The van der Waals surface area contributed by atoms with Crippen molar-refractivity contribution >= 4 is 23.4 Å². The van der Waals surface area contributed by atoms with Crippen molar-refractivity contribution in [3.05, 3.63) is 64.2 Å². The Kier molecular flexibility index (Phi) is 6.21. The highest BCUT2D eigenvalue weighted by molar-refractivity contribution is 6.31. The summed E-state index contributed by atoms with van der Waals surface area (Å²) in [5.41, 5.74) is 7.58. The van der Waals surface area contributed by atoms with E-state index in [0.717, 1.165) is 11.1 Å². The van der Waals surface area contributed by atoms with E-state index < -0.39 is 5.91 Å². The van der Waals surface area contributed by atoms with Gasteiger partial charge in [0, 0.05) is 5.02 Å². The monoisotopic (exact) mass is 346 g/mol. The Morgan fingerprint density at radius 3 is 2.42 bits per heavy atom. The Hall–Kier alpha value is -2.53. The number of amides is 2. The van der Waals surface area contributed by atoms with Gasteiger partial charge in [-0.2, -0.15) is 0 Å². The number of benzene rings is 2. The second-order valence-corrected chi connectivity index (χ2v) is 5.81. The Morgan fingerprint density at radius 1 is 1.00 bits per heavy atom. The van der Waals surface area contributed by atoms with Gasteiger partial charge >= 0.3 is 0 Å². The molecular formula is C18H19ClN2O3.